The van der Waals surface area contributed by atoms with Crippen LogP contribution in [0.25, 0.3) is 0 Å². The standard InChI is InChI=1S/C5H9F3O2/c1-2-3-4-9-10-5(6,7)8/h2-4H2,1H3. The highest BCUT2D eigenvalue weighted by Gasteiger charge is 2.30. The molecule has 0 saturated heterocycles. The van der Waals surface area contributed by atoms with Gasteiger partial charge in [0, 0.05) is 0 Å². The number of halogens is 3. The summed E-state index contributed by atoms with van der Waals surface area (Å²) in [7, 11) is 0. The molecule has 0 atom stereocenters. The van der Waals surface area contributed by atoms with Gasteiger partial charge in [0.1, 0.15) is 0 Å². The van der Waals surface area contributed by atoms with Gasteiger partial charge in [-0.25, -0.2) is 4.89 Å². The Kier molecular flexibility index (Phi) is 4.38. The topological polar surface area (TPSA) is 18.5 Å². The Balaban J connectivity index is 3.04. The summed E-state index contributed by atoms with van der Waals surface area (Å²) in [6.07, 6.45) is -3.33. The smallest absolute Gasteiger partial charge is 0.229 e. The van der Waals surface area contributed by atoms with Crippen LogP contribution in [0.15, 0.2) is 0 Å². The predicted octanol–water partition coefficient (Wildman–Crippen LogP) is 2.25. The lowest BCUT2D eigenvalue weighted by Gasteiger charge is -2.04. The van der Waals surface area contributed by atoms with Crippen molar-refractivity contribution in [2.24, 2.45) is 0 Å². The third-order valence-corrected chi connectivity index (χ3v) is 0.735. The fourth-order valence-corrected chi connectivity index (χ4v) is 0.312. The number of unbranched alkanes of at least 4 members (excludes halogenated alkanes) is 1. The summed E-state index contributed by atoms with van der Waals surface area (Å²) in [5, 5.41) is 0. The minimum atomic E-state index is -4.67. The minimum absolute atomic E-state index is 0.0178. The summed E-state index contributed by atoms with van der Waals surface area (Å²) in [4.78, 5) is 6.84. The van der Waals surface area contributed by atoms with Crippen LogP contribution in [0, 0.1) is 0 Å². The first-order chi connectivity index (χ1) is 4.56. The molecule has 0 radical (unpaired) electrons. The lowest BCUT2D eigenvalue weighted by atomic mass is 10.4. The summed E-state index contributed by atoms with van der Waals surface area (Å²) in [6.45, 7) is 1.83. The van der Waals surface area contributed by atoms with Crippen molar-refractivity contribution >= 4 is 0 Å². The van der Waals surface area contributed by atoms with Crippen molar-refractivity contribution in [3.05, 3.63) is 0 Å². The molecule has 0 rings (SSSR count). The summed E-state index contributed by atoms with van der Waals surface area (Å²) in [5.41, 5.74) is 0. The van der Waals surface area contributed by atoms with Gasteiger partial charge in [-0.1, -0.05) is 13.3 Å². The molecule has 0 N–H and O–H groups in total. The third-order valence-electron chi connectivity index (χ3n) is 0.735. The first-order valence-corrected chi connectivity index (χ1v) is 2.93. The monoisotopic (exact) mass is 158 g/mol. The van der Waals surface area contributed by atoms with Gasteiger partial charge in [-0.05, 0) is 6.42 Å². The molecule has 0 aliphatic heterocycles. The van der Waals surface area contributed by atoms with E-state index in [1.165, 1.54) is 0 Å². The Morgan fingerprint density at radius 3 is 2.30 bits per heavy atom. The molecule has 0 unspecified atom stereocenters. The number of rotatable bonds is 4. The van der Waals surface area contributed by atoms with Gasteiger partial charge in [-0.3, -0.25) is 0 Å². The highest BCUT2D eigenvalue weighted by Crippen LogP contribution is 2.16. The molecule has 0 aromatic carbocycles. The average Bonchev–Trinajstić information content (AvgIpc) is 1.78. The normalized spacial score (nSPS) is 12.0. The Hall–Kier alpha value is -0.290. The molecule has 2 nitrogen and oxygen atoms in total. The molecule has 0 fully saturated rings. The molecule has 0 aromatic heterocycles. The van der Waals surface area contributed by atoms with E-state index in [-0.39, 0.29) is 6.61 Å². The fraction of sp³-hybridized carbons (Fsp3) is 1.00. The molecule has 0 aromatic rings. The van der Waals surface area contributed by atoms with E-state index in [1.54, 1.807) is 0 Å². The van der Waals surface area contributed by atoms with E-state index >= 15 is 0 Å². The maximum atomic E-state index is 11.1. The number of hydrogen-bond donors (Lipinski definition) is 0. The first-order valence-electron chi connectivity index (χ1n) is 2.93. The molecule has 0 bridgehead atoms. The Morgan fingerprint density at radius 2 is 1.90 bits per heavy atom. The molecule has 0 aliphatic rings. The van der Waals surface area contributed by atoms with E-state index in [4.69, 9.17) is 0 Å². The fourth-order valence-electron chi connectivity index (χ4n) is 0.312. The van der Waals surface area contributed by atoms with Crippen LogP contribution < -0.4 is 0 Å². The zero-order valence-corrected chi connectivity index (χ0v) is 5.57. The second kappa shape index (κ2) is 4.51. The molecule has 5 heteroatoms. The van der Waals surface area contributed by atoms with Crippen molar-refractivity contribution in [3.63, 3.8) is 0 Å². The number of hydrogen-bond acceptors (Lipinski definition) is 2. The minimum Gasteiger partial charge on any atom is -0.229 e. The Bertz CT molecular complexity index is 81.5. The molecule has 0 aliphatic carbocycles. The van der Waals surface area contributed by atoms with E-state index in [0.717, 1.165) is 6.42 Å². The van der Waals surface area contributed by atoms with Crippen LogP contribution >= 0.6 is 0 Å². The maximum Gasteiger partial charge on any atom is 0.549 e. The van der Waals surface area contributed by atoms with Crippen LogP contribution in [-0.2, 0) is 9.78 Å². The van der Waals surface area contributed by atoms with Crippen LogP contribution in [0.1, 0.15) is 19.8 Å². The molecule has 62 valence electrons. The zero-order valence-electron chi connectivity index (χ0n) is 5.57. The van der Waals surface area contributed by atoms with Gasteiger partial charge >= 0.3 is 6.36 Å². The van der Waals surface area contributed by atoms with Crippen molar-refractivity contribution in [1.29, 1.82) is 0 Å². The van der Waals surface area contributed by atoms with Crippen molar-refractivity contribution in [2.45, 2.75) is 26.1 Å². The highest BCUT2D eigenvalue weighted by atomic mass is 19.4. The largest absolute Gasteiger partial charge is 0.549 e. The van der Waals surface area contributed by atoms with Crippen LogP contribution in [0.2, 0.25) is 0 Å². The van der Waals surface area contributed by atoms with E-state index < -0.39 is 6.36 Å². The van der Waals surface area contributed by atoms with Gasteiger partial charge in [0.25, 0.3) is 0 Å². The second-order valence-corrected chi connectivity index (χ2v) is 1.70. The maximum absolute atomic E-state index is 11.1. The van der Waals surface area contributed by atoms with Gasteiger partial charge in [0.15, 0.2) is 0 Å². The summed E-state index contributed by atoms with van der Waals surface area (Å²) >= 11 is 0. The summed E-state index contributed by atoms with van der Waals surface area (Å²) in [5.74, 6) is 0. The Morgan fingerprint density at radius 1 is 1.30 bits per heavy atom. The molecule has 0 saturated carbocycles. The van der Waals surface area contributed by atoms with E-state index in [9.17, 15) is 13.2 Å². The predicted molar refractivity (Wildman–Crippen MR) is 28.0 cm³/mol. The van der Waals surface area contributed by atoms with Crippen LogP contribution in [0.3, 0.4) is 0 Å². The van der Waals surface area contributed by atoms with E-state index in [2.05, 4.69) is 9.78 Å². The zero-order chi connectivity index (χ0) is 8.04. The summed E-state index contributed by atoms with van der Waals surface area (Å²) < 4.78 is 33.4. The molecule has 0 heterocycles. The molecular formula is C5H9F3O2. The average molecular weight is 158 g/mol. The van der Waals surface area contributed by atoms with E-state index in [0.29, 0.717) is 6.42 Å². The van der Waals surface area contributed by atoms with Crippen LogP contribution in [0.4, 0.5) is 13.2 Å². The number of alkyl halides is 3. The van der Waals surface area contributed by atoms with Crippen LogP contribution in [-0.4, -0.2) is 13.0 Å². The molecular weight excluding hydrogens is 149 g/mol. The van der Waals surface area contributed by atoms with Crippen molar-refractivity contribution < 1.29 is 22.9 Å². The lowest BCUT2D eigenvalue weighted by molar-refractivity contribution is -0.484. The molecule has 10 heavy (non-hydrogen) atoms. The van der Waals surface area contributed by atoms with Crippen molar-refractivity contribution in [1.82, 2.24) is 0 Å². The second-order valence-electron chi connectivity index (χ2n) is 1.70. The van der Waals surface area contributed by atoms with Gasteiger partial charge < -0.3 is 0 Å². The first kappa shape index (κ1) is 9.71. The van der Waals surface area contributed by atoms with E-state index in [1.807, 2.05) is 6.92 Å². The van der Waals surface area contributed by atoms with Gasteiger partial charge in [-0.15, -0.1) is 18.1 Å². The van der Waals surface area contributed by atoms with Crippen molar-refractivity contribution in [3.8, 4) is 0 Å². The van der Waals surface area contributed by atoms with Crippen molar-refractivity contribution in [2.75, 3.05) is 6.61 Å². The molecule has 0 spiro atoms. The quantitative estimate of drug-likeness (QED) is 0.355. The SMILES string of the molecule is CCCCOOC(F)(F)F. The molecule has 0 amide bonds. The van der Waals surface area contributed by atoms with Gasteiger partial charge in [0.05, 0.1) is 6.61 Å². The highest BCUT2D eigenvalue weighted by molar-refractivity contribution is 4.26. The van der Waals surface area contributed by atoms with Crippen LogP contribution in [0.5, 0.6) is 0 Å². The lowest BCUT2D eigenvalue weighted by Crippen LogP contribution is -2.14. The third kappa shape index (κ3) is 7.71. The Labute approximate surface area is 56.9 Å². The van der Waals surface area contributed by atoms with Gasteiger partial charge in [-0.2, -0.15) is 0 Å². The summed E-state index contributed by atoms with van der Waals surface area (Å²) in [6, 6.07) is 0. The van der Waals surface area contributed by atoms with Gasteiger partial charge in [0.2, 0.25) is 0 Å².